The Labute approximate surface area is 354 Å². The van der Waals surface area contributed by atoms with Crippen molar-refractivity contribution in [2.75, 3.05) is 6.61 Å². The zero-order valence-electron chi connectivity index (χ0n) is 35.6. The second-order valence-corrected chi connectivity index (χ2v) is 18.5. The summed E-state index contributed by atoms with van der Waals surface area (Å²) in [6.45, 7) is 11.9. The van der Waals surface area contributed by atoms with Crippen molar-refractivity contribution < 1.29 is 67.8 Å². The first-order chi connectivity index (χ1) is 28.6. The molecule has 15 nitrogen and oxygen atoms in total. The maximum absolute atomic E-state index is 15.5. The second kappa shape index (κ2) is 15.4. The number of esters is 4. The van der Waals surface area contributed by atoms with Crippen LogP contribution >= 0.6 is 0 Å². The second-order valence-electron chi connectivity index (χ2n) is 18.5. The van der Waals surface area contributed by atoms with Crippen LogP contribution in [0.1, 0.15) is 95.4 Å². The molecule has 4 fully saturated rings. The van der Waals surface area contributed by atoms with Gasteiger partial charge in [0.25, 0.3) is 5.91 Å². The van der Waals surface area contributed by atoms with E-state index in [0.29, 0.717) is 5.56 Å². The molecule has 3 saturated carbocycles. The van der Waals surface area contributed by atoms with E-state index in [4.69, 9.17) is 23.7 Å². The molecule has 328 valence electrons. The molecule has 2 aromatic rings. The Kier molecular flexibility index (Phi) is 11.2. The van der Waals surface area contributed by atoms with E-state index in [1.54, 1.807) is 69.3 Å². The Morgan fingerprint density at radius 2 is 1.48 bits per heavy atom. The Balaban J connectivity index is 1.38. The third-order valence-corrected chi connectivity index (χ3v) is 14.4. The summed E-state index contributed by atoms with van der Waals surface area (Å²) in [5, 5.41) is 40.5. The highest BCUT2D eigenvalue weighted by Gasteiger charge is 2.78. The molecular weight excluding hydrogens is 790 g/mol. The lowest BCUT2D eigenvalue weighted by atomic mass is 9.44. The zero-order valence-corrected chi connectivity index (χ0v) is 35.6. The number of amides is 1. The van der Waals surface area contributed by atoms with E-state index in [1.807, 2.05) is 13.8 Å². The first kappa shape index (κ1) is 44.1. The van der Waals surface area contributed by atoms with Crippen LogP contribution in [0.4, 0.5) is 0 Å². The lowest BCUT2D eigenvalue weighted by Crippen LogP contribution is -2.82. The molecule has 1 heterocycles. The summed E-state index contributed by atoms with van der Waals surface area (Å²) < 4.78 is 30.4. The number of carbonyl (C=O) groups excluding carboxylic acids is 6. The van der Waals surface area contributed by atoms with Crippen molar-refractivity contribution in [3.05, 3.63) is 82.9 Å². The van der Waals surface area contributed by atoms with E-state index in [-0.39, 0.29) is 48.0 Å². The van der Waals surface area contributed by atoms with Gasteiger partial charge in [-0.3, -0.25) is 19.2 Å². The van der Waals surface area contributed by atoms with Crippen LogP contribution in [0.25, 0.3) is 0 Å². The number of hydrogen-bond donors (Lipinski definition) is 4. The minimum Gasteiger partial charge on any atom is -0.456 e. The Bertz CT molecular complexity index is 2150. The normalized spacial score (nSPS) is 36.4. The summed E-state index contributed by atoms with van der Waals surface area (Å²) in [5.74, 6) is -6.98. The fraction of sp³-hybridized carbons (Fsp3) is 0.565. The monoisotopic (exact) mass is 845 g/mol. The quantitative estimate of drug-likeness (QED) is 0.153. The molecule has 2 aromatic carbocycles. The Morgan fingerprint density at radius 1 is 0.869 bits per heavy atom. The van der Waals surface area contributed by atoms with E-state index in [9.17, 15) is 39.3 Å². The van der Waals surface area contributed by atoms with Crippen molar-refractivity contribution in [1.82, 2.24) is 5.32 Å². The maximum Gasteiger partial charge on any atom is 0.338 e. The zero-order chi connectivity index (χ0) is 44.6. The first-order valence-corrected chi connectivity index (χ1v) is 20.7. The summed E-state index contributed by atoms with van der Waals surface area (Å²) in [4.78, 5) is 83.5. The number of benzene rings is 2. The number of ether oxygens (including phenoxy) is 5. The summed E-state index contributed by atoms with van der Waals surface area (Å²) in [6, 6.07) is 16.2. The van der Waals surface area contributed by atoms with Crippen molar-refractivity contribution >= 4 is 35.6 Å². The van der Waals surface area contributed by atoms with Crippen LogP contribution in [0.15, 0.2) is 71.8 Å². The molecule has 4 aliphatic carbocycles. The van der Waals surface area contributed by atoms with Crippen molar-refractivity contribution in [2.24, 2.45) is 28.6 Å². The average molecular weight is 846 g/mol. The lowest BCUT2D eigenvalue weighted by Gasteiger charge is -2.67. The van der Waals surface area contributed by atoms with Gasteiger partial charge in [0, 0.05) is 37.7 Å². The van der Waals surface area contributed by atoms with Crippen LogP contribution in [0.2, 0.25) is 0 Å². The molecule has 1 saturated heterocycles. The molecule has 5 aliphatic rings. The molecule has 15 heteroatoms. The molecule has 4 N–H and O–H groups in total. The van der Waals surface area contributed by atoms with Gasteiger partial charge < -0.3 is 44.3 Å². The van der Waals surface area contributed by atoms with Gasteiger partial charge in [-0.15, -0.1) is 0 Å². The van der Waals surface area contributed by atoms with Gasteiger partial charge in [-0.25, -0.2) is 9.59 Å². The predicted octanol–water partition coefficient (Wildman–Crippen LogP) is 3.41. The van der Waals surface area contributed by atoms with Crippen molar-refractivity contribution in [3.8, 4) is 0 Å². The molecular formula is C46H55NO14. The molecule has 0 aromatic heterocycles. The number of aliphatic hydroxyl groups is 3. The molecule has 0 spiro atoms. The molecule has 2 bridgehead atoms. The highest BCUT2D eigenvalue weighted by molar-refractivity contribution is 5.97. The topological polar surface area (TPSA) is 221 Å². The van der Waals surface area contributed by atoms with Gasteiger partial charge in [-0.2, -0.15) is 0 Å². The fourth-order valence-corrected chi connectivity index (χ4v) is 11.0. The van der Waals surface area contributed by atoms with Crippen LogP contribution in [-0.4, -0.2) is 111 Å². The predicted molar refractivity (Wildman–Crippen MR) is 214 cm³/mol. The number of ketones is 1. The number of fused-ring (bicyclic) bond motifs is 5. The van der Waals surface area contributed by atoms with Gasteiger partial charge in [0.1, 0.15) is 23.9 Å². The molecule has 7 rings (SSSR count). The number of aliphatic hydroxyl groups excluding tert-OH is 2. The number of hydrogen-bond acceptors (Lipinski definition) is 14. The smallest absolute Gasteiger partial charge is 0.338 e. The SMILES string of the molecule is CC(=O)O[C@H]1C(=O)[C@@]2(C)[C@H]([C@H](OC(=O)c3ccccc3)[C@]3(O)C[C@H](OC(=O)[C@@H](O)[C@@]4(NC(=O)c5ccccc5)C[C@H]4C(C)C)C(C)=C1C3(C)C)[C@]1(OC(C)=O)CO[C@@H]1C[C@@H]2O. The van der Waals surface area contributed by atoms with E-state index < -0.39 is 112 Å². The minimum absolute atomic E-state index is 0.0217. The molecule has 0 unspecified atom stereocenters. The van der Waals surface area contributed by atoms with Gasteiger partial charge in [-0.1, -0.05) is 64.1 Å². The van der Waals surface area contributed by atoms with Gasteiger partial charge in [0.05, 0.1) is 35.1 Å². The molecule has 12 atom stereocenters. The minimum atomic E-state index is -2.36. The lowest BCUT2D eigenvalue weighted by molar-refractivity contribution is -0.346. The van der Waals surface area contributed by atoms with Gasteiger partial charge >= 0.3 is 23.9 Å². The van der Waals surface area contributed by atoms with Crippen LogP contribution < -0.4 is 5.32 Å². The summed E-state index contributed by atoms with van der Waals surface area (Å²) >= 11 is 0. The fourth-order valence-electron chi connectivity index (χ4n) is 11.0. The first-order valence-electron chi connectivity index (χ1n) is 20.7. The summed E-state index contributed by atoms with van der Waals surface area (Å²) in [5.41, 5.74) is -8.59. The molecule has 61 heavy (non-hydrogen) atoms. The van der Waals surface area contributed by atoms with E-state index >= 15 is 4.79 Å². The Hall–Kier alpha value is -4.96. The largest absolute Gasteiger partial charge is 0.456 e. The Morgan fingerprint density at radius 3 is 2.00 bits per heavy atom. The number of nitrogens with one attached hydrogen (secondary N) is 1. The number of carbonyl (C=O) groups is 6. The number of rotatable bonds is 10. The van der Waals surface area contributed by atoms with Crippen LogP contribution in [0, 0.1) is 28.6 Å². The van der Waals surface area contributed by atoms with Gasteiger partial charge in [0.2, 0.25) is 0 Å². The van der Waals surface area contributed by atoms with E-state index in [0.717, 1.165) is 13.8 Å². The summed E-state index contributed by atoms with van der Waals surface area (Å²) in [7, 11) is 0. The standard InChI is InChI=1S/C46H55NO14/c1-23(2)29-20-44(29,47-39(53)27-15-11-9-12-16-27)37(52)41(55)59-30-21-46(56)38(60-40(54)28-17-13-10-14-18-28)35-43(8,31(50)19-32-45(35,22-57-32)61-26(5)49)36(51)34(58-25(4)48)33(24(30)3)42(46,6)7/h9-18,23,29-32,34-35,37-38,50,52,56H,19-22H2,1-8H3,(H,47,53)/t29-,30-,31-,32+,34+,35-,37+,38-,43+,44+,45-,46+/m0/s1. The van der Waals surface area contributed by atoms with Gasteiger partial charge in [0.15, 0.2) is 23.6 Å². The van der Waals surface area contributed by atoms with Crippen LogP contribution in [0.3, 0.4) is 0 Å². The van der Waals surface area contributed by atoms with Crippen molar-refractivity contribution in [1.29, 1.82) is 0 Å². The molecule has 0 radical (unpaired) electrons. The summed E-state index contributed by atoms with van der Waals surface area (Å²) in [6.07, 6.45) is -9.96. The van der Waals surface area contributed by atoms with E-state index in [2.05, 4.69) is 5.32 Å². The van der Waals surface area contributed by atoms with Crippen molar-refractivity contribution in [2.45, 2.75) is 128 Å². The third kappa shape index (κ3) is 6.88. The van der Waals surface area contributed by atoms with Gasteiger partial charge in [-0.05, 0) is 67.5 Å². The third-order valence-electron chi connectivity index (χ3n) is 14.4. The van der Waals surface area contributed by atoms with Crippen molar-refractivity contribution in [3.63, 3.8) is 0 Å². The molecule has 1 aliphatic heterocycles. The molecule has 1 amide bonds. The van der Waals surface area contributed by atoms with E-state index in [1.165, 1.54) is 19.1 Å². The van der Waals surface area contributed by atoms with Crippen LogP contribution in [0.5, 0.6) is 0 Å². The highest BCUT2D eigenvalue weighted by Crippen LogP contribution is 2.64. The number of Topliss-reactive ketones (excluding diaryl/α,β-unsaturated/α-hetero) is 1. The van der Waals surface area contributed by atoms with Crippen LogP contribution in [-0.2, 0) is 42.9 Å². The maximum atomic E-state index is 15.5. The average Bonchev–Trinajstić information content (AvgIpc) is 3.94. The highest BCUT2D eigenvalue weighted by atomic mass is 16.6.